The molecule has 1 aromatic rings. The standard InChI is InChI=1S/C11H12N4O2/c12-6-8-3-4-13-15-10(8)14-9-2-1-7(5-9)11(16)17/h3-4,7,9H,1-2,5H2,(H,14,15)(H,16,17). The minimum absolute atomic E-state index is 0.0555. The first-order valence-electron chi connectivity index (χ1n) is 5.42. The topological polar surface area (TPSA) is 98.9 Å². The molecule has 1 aliphatic carbocycles. The van der Waals surface area contributed by atoms with E-state index in [0.29, 0.717) is 24.2 Å². The summed E-state index contributed by atoms with van der Waals surface area (Å²) in [6.45, 7) is 0. The normalized spacial score (nSPS) is 23.0. The summed E-state index contributed by atoms with van der Waals surface area (Å²) in [5.41, 5.74) is 0.429. The van der Waals surface area contributed by atoms with Crippen molar-refractivity contribution < 1.29 is 9.90 Å². The zero-order chi connectivity index (χ0) is 12.3. The summed E-state index contributed by atoms with van der Waals surface area (Å²) >= 11 is 0. The largest absolute Gasteiger partial charge is 0.481 e. The Labute approximate surface area is 98.3 Å². The van der Waals surface area contributed by atoms with Crippen LogP contribution < -0.4 is 5.32 Å². The highest BCUT2D eigenvalue weighted by Crippen LogP contribution is 2.28. The Morgan fingerprint density at radius 1 is 1.59 bits per heavy atom. The van der Waals surface area contributed by atoms with Gasteiger partial charge in [-0.05, 0) is 25.3 Å². The van der Waals surface area contributed by atoms with E-state index in [2.05, 4.69) is 15.5 Å². The third kappa shape index (κ3) is 2.50. The molecule has 1 aromatic heterocycles. The molecule has 1 aliphatic rings. The molecule has 1 heterocycles. The number of carbonyl (C=O) groups is 1. The van der Waals surface area contributed by atoms with Crippen molar-refractivity contribution in [2.45, 2.75) is 25.3 Å². The summed E-state index contributed by atoms with van der Waals surface area (Å²) in [5.74, 6) is -0.616. The SMILES string of the molecule is N#Cc1ccnnc1NC1CCC(C(=O)O)C1. The van der Waals surface area contributed by atoms with Gasteiger partial charge in [-0.1, -0.05) is 0 Å². The summed E-state index contributed by atoms with van der Waals surface area (Å²) in [6, 6.07) is 3.66. The molecular formula is C11H12N4O2. The third-order valence-corrected chi connectivity index (χ3v) is 2.96. The Bertz CT molecular complexity index is 469. The van der Waals surface area contributed by atoms with Gasteiger partial charge in [0.05, 0.1) is 17.7 Å². The van der Waals surface area contributed by atoms with Gasteiger partial charge >= 0.3 is 5.97 Å². The van der Waals surface area contributed by atoms with Crippen molar-refractivity contribution in [3.8, 4) is 6.07 Å². The van der Waals surface area contributed by atoms with Crippen molar-refractivity contribution in [3.63, 3.8) is 0 Å². The number of anilines is 1. The quantitative estimate of drug-likeness (QED) is 0.807. The van der Waals surface area contributed by atoms with Crippen molar-refractivity contribution in [3.05, 3.63) is 17.8 Å². The van der Waals surface area contributed by atoms with Crippen LogP contribution in [-0.2, 0) is 4.79 Å². The summed E-state index contributed by atoms with van der Waals surface area (Å²) in [6.07, 6.45) is 3.46. The number of carboxylic acid groups (broad SMARTS) is 1. The molecule has 6 heteroatoms. The van der Waals surface area contributed by atoms with Crippen molar-refractivity contribution in [1.29, 1.82) is 5.26 Å². The number of rotatable bonds is 3. The highest BCUT2D eigenvalue weighted by atomic mass is 16.4. The Morgan fingerprint density at radius 3 is 3.06 bits per heavy atom. The van der Waals surface area contributed by atoms with Crippen LogP contribution >= 0.6 is 0 Å². The number of nitrogens with zero attached hydrogens (tertiary/aromatic N) is 3. The van der Waals surface area contributed by atoms with Crippen molar-refractivity contribution >= 4 is 11.8 Å². The third-order valence-electron chi connectivity index (χ3n) is 2.96. The summed E-state index contributed by atoms with van der Waals surface area (Å²) in [5, 5.41) is 28.4. The van der Waals surface area contributed by atoms with E-state index in [1.165, 1.54) is 6.20 Å². The lowest BCUT2D eigenvalue weighted by Gasteiger charge is -2.12. The highest BCUT2D eigenvalue weighted by Gasteiger charge is 2.30. The number of hydrogen-bond acceptors (Lipinski definition) is 5. The average molecular weight is 232 g/mol. The first-order chi connectivity index (χ1) is 8.20. The number of nitrogens with one attached hydrogen (secondary N) is 1. The van der Waals surface area contributed by atoms with Crippen LogP contribution in [0.4, 0.5) is 5.82 Å². The first kappa shape index (κ1) is 11.3. The smallest absolute Gasteiger partial charge is 0.306 e. The minimum atomic E-state index is -0.756. The summed E-state index contributed by atoms with van der Waals surface area (Å²) in [7, 11) is 0. The average Bonchev–Trinajstić information content (AvgIpc) is 2.78. The van der Waals surface area contributed by atoms with Crippen LogP contribution in [-0.4, -0.2) is 27.3 Å². The molecule has 17 heavy (non-hydrogen) atoms. The van der Waals surface area contributed by atoms with Crippen LogP contribution in [0.3, 0.4) is 0 Å². The monoisotopic (exact) mass is 232 g/mol. The molecule has 1 saturated carbocycles. The van der Waals surface area contributed by atoms with Crippen LogP contribution in [0.5, 0.6) is 0 Å². The first-order valence-corrected chi connectivity index (χ1v) is 5.42. The Balaban J connectivity index is 2.03. The molecule has 0 aromatic carbocycles. The van der Waals surface area contributed by atoms with Gasteiger partial charge in [-0.15, -0.1) is 5.10 Å². The van der Waals surface area contributed by atoms with E-state index in [9.17, 15) is 4.79 Å². The molecular weight excluding hydrogens is 220 g/mol. The van der Waals surface area contributed by atoms with E-state index < -0.39 is 5.97 Å². The van der Waals surface area contributed by atoms with E-state index in [1.54, 1.807) is 6.07 Å². The number of nitriles is 1. The van der Waals surface area contributed by atoms with E-state index in [4.69, 9.17) is 10.4 Å². The molecule has 2 N–H and O–H groups in total. The fourth-order valence-electron chi connectivity index (χ4n) is 2.06. The molecule has 1 fully saturated rings. The van der Waals surface area contributed by atoms with Gasteiger partial charge in [0.25, 0.3) is 0 Å². The molecule has 0 spiro atoms. The van der Waals surface area contributed by atoms with Gasteiger partial charge in [0, 0.05) is 6.04 Å². The predicted molar refractivity (Wildman–Crippen MR) is 59.1 cm³/mol. The molecule has 0 radical (unpaired) electrons. The fourth-order valence-corrected chi connectivity index (χ4v) is 2.06. The molecule has 0 aliphatic heterocycles. The van der Waals surface area contributed by atoms with Crippen LogP contribution in [0.2, 0.25) is 0 Å². The minimum Gasteiger partial charge on any atom is -0.481 e. The molecule has 0 amide bonds. The number of aromatic nitrogens is 2. The predicted octanol–water partition coefficient (Wildman–Crippen LogP) is 1.01. The van der Waals surface area contributed by atoms with Crippen LogP contribution in [0.25, 0.3) is 0 Å². The van der Waals surface area contributed by atoms with Crippen molar-refractivity contribution in [2.75, 3.05) is 5.32 Å². The van der Waals surface area contributed by atoms with E-state index in [0.717, 1.165) is 6.42 Å². The number of aliphatic carboxylic acids is 1. The number of hydrogen-bond donors (Lipinski definition) is 2. The van der Waals surface area contributed by atoms with Gasteiger partial charge in [-0.3, -0.25) is 4.79 Å². The van der Waals surface area contributed by atoms with Crippen molar-refractivity contribution in [1.82, 2.24) is 10.2 Å². The maximum atomic E-state index is 10.8. The molecule has 6 nitrogen and oxygen atoms in total. The lowest BCUT2D eigenvalue weighted by molar-refractivity contribution is -0.141. The Kier molecular flexibility index (Phi) is 3.19. The summed E-state index contributed by atoms with van der Waals surface area (Å²) < 4.78 is 0. The molecule has 0 saturated heterocycles. The second kappa shape index (κ2) is 4.78. The van der Waals surface area contributed by atoms with Gasteiger partial charge in [0.1, 0.15) is 6.07 Å². The molecule has 2 rings (SSSR count). The summed E-state index contributed by atoms with van der Waals surface area (Å²) in [4.78, 5) is 10.8. The Morgan fingerprint density at radius 2 is 2.41 bits per heavy atom. The molecule has 0 bridgehead atoms. The zero-order valence-corrected chi connectivity index (χ0v) is 9.13. The molecule has 88 valence electrons. The van der Waals surface area contributed by atoms with Gasteiger partial charge in [-0.25, -0.2) is 0 Å². The van der Waals surface area contributed by atoms with Crippen LogP contribution in [0, 0.1) is 17.2 Å². The lowest BCUT2D eigenvalue weighted by Crippen LogP contribution is -2.19. The molecule has 2 unspecified atom stereocenters. The van der Waals surface area contributed by atoms with Crippen LogP contribution in [0.1, 0.15) is 24.8 Å². The maximum absolute atomic E-state index is 10.8. The second-order valence-electron chi connectivity index (χ2n) is 4.09. The second-order valence-corrected chi connectivity index (χ2v) is 4.09. The van der Waals surface area contributed by atoms with Crippen LogP contribution in [0.15, 0.2) is 12.3 Å². The maximum Gasteiger partial charge on any atom is 0.306 e. The van der Waals surface area contributed by atoms with Gasteiger partial charge in [0.15, 0.2) is 5.82 Å². The van der Waals surface area contributed by atoms with E-state index in [1.807, 2.05) is 6.07 Å². The van der Waals surface area contributed by atoms with E-state index in [-0.39, 0.29) is 12.0 Å². The van der Waals surface area contributed by atoms with E-state index >= 15 is 0 Å². The lowest BCUT2D eigenvalue weighted by atomic mass is 10.1. The fraction of sp³-hybridized carbons (Fsp3) is 0.455. The van der Waals surface area contributed by atoms with Gasteiger partial charge in [0.2, 0.25) is 0 Å². The number of carboxylic acids is 1. The van der Waals surface area contributed by atoms with Crippen molar-refractivity contribution in [2.24, 2.45) is 5.92 Å². The van der Waals surface area contributed by atoms with Gasteiger partial charge < -0.3 is 10.4 Å². The highest BCUT2D eigenvalue weighted by molar-refractivity contribution is 5.70. The molecule has 2 atom stereocenters. The zero-order valence-electron chi connectivity index (χ0n) is 9.13. The Hall–Kier alpha value is -2.16. The van der Waals surface area contributed by atoms with Gasteiger partial charge in [-0.2, -0.15) is 10.4 Å².